The number of esters is 1. The van der Waals surface area contributed by atoms with Crippen molar-refractivity contribution in [3.8, 4) is 0 Å². The number of hydrogen-bond donors (Lipinski definition) is 1. The lowest BCUT2D eigenvalue weighted by molar-refractivity contribution is -0.137. The summed E-state index contributed by atoms with van der Waals surface area (Å²) in [5, 5.41) is 4.10. The maximum atomic E-state index is 10.7. The van der Waals surface area contributed by atoms with Gasteiger partial charge >= 0.3 is 5.97 Å². The molecule has 10 heavy (non-hydrogen) atoms. The van der Waals surface area contributed by atoms with Crippen molar-refractivity contribution in [3.05, 3.63) is 23.0 Å². The van der Waals surface area contributed by atoms with Gasteiger partial charge in [0.25, 0.3) is 0 Å². The molecule has 1 heterocycles. The molecule has 0 aliphatic carbocycles. The van der Waals surface area contributed by atoms with Crippen molar-refractivity contribution in [1.82, 2.24) is 0 Å². The summed E-state index contributed by atoms with van der Waals surface area (Å²) in [4.78, 5) is 10.7. The first-order valence-corrected chi connectivity index (χ1v) is 4.67. The van der Waals surface area contributed by atoms with E-state index in [2.05, 4.69) is 4.74 Å². The van der Waals surface area contributed by atoms with E-state index in [0.717, 1.165) is 0 Å². The van der Waals surface area contributed by atoms with Crippen molar-refractivity contribution in [2.45, 2.75) is 0 Å². The van der Waals surface area contributed by atoms with Crippen molar-refractivity contribution in [2.24, 2.45) is 0 Å². The maximum Gasteiger partial charge on any atom is 0.314 e. The largest absolute Gasteiger partial charge is 0.468 e. The molecule has 2 nitrogen and oxygen atoms in total. The fourth-order valence-corrected chi connectivity index (χ4v) is 2.07. The minimum atomic E-state index is -0.326. The molecule has 1 aliphatic rings. The van der Waals surface area contributed by atoms with E-state index in [1.807, 2.05) is 23.0 Å². The summed E-state index contributed by atoms with van der Waals surface area (Å²) in [6, 6.07) is 0. The molecule has 1 aliphatic heterocycles. The van der Waals surface area contributed by atoms with Crippen LogP contribution in [-0.4, -0.2) is 18.8 Å². The SMILES string of the molecule is COC(=O)C[SH]1C=CC=C1. The molecular weight excluding hydrogens is 148 g/mol. The minimum Gasteiger partial charge on any atom is -0.468 e. The zero-order chi connectivity index (χ0) is 7.40. The monoisotopic (exact) mass is 158 g/mol. The lowest BCUT2D eigenvalue weighted by Crippen LogP contribution is -2.04. The zero-order valence-corrected chi connectivity index (χ0v) is 6.67. The Morgan fingerprint density at radius 1 is 1.50 bits per heavy atom. The Bertz CT molecular complexity index is 172. The third kappa shape index (κ3) is 1.92. The quantitative estimate of drug-likeness (QED) is 0.483. The predicted molar refractivity (Wildman–Crippen MR) is 44.1 cm³/mol. The molecule has 0 spiro atoms. The molecule has 0 atom stereocenters. The molecule has 0 radical (unpaired) electrons. The molecule has 0 aromatic rings. The summed E-state index contributed by atoms with van der Waals surface area (Å²) in [5.74, 6) is 0.404. The second-order valence-corrected chi connectivity index (χ2v) is 3.87. The number of thiol groups is 1. The van der Waals surface area contributed by atoms with E-state index in [0.29, 0.717) is 5.75 Å². The third-order valence-electron chi connectivity index (χ3n) is 1.21. The predicted octanol–water partition coefficient (Wildman–Crippen LogP) is 1.20. The summed E-state index contributed by atoms with van der Waals surface area (Å²) >= 11 is 0. The molecule has 0 saturated heterocycles. The van der Waals surface area contributed by atoms with Crippen molar-refractivity contribution in [3.63, 3.8) is 0 Å². The van der Waals surface area contributed by atoms with Gasteiger partial charge in [-0.2, -0.15) is 0 Å². The van der Waals surface area contributed by atoms with Crippen molar-refractivity contribution < 1.29 is 9.53 Å². The van der Waals surface area contributed by atoms with Gasteiger partial charge in [0.15, 0.2) is 0 Å². The van der Waals surface area contributed by atoms with Gasteiger partial charge < -0.3 is 4.74 Å². The van der Waals surface area contributed by atoms with Crippen LogP contribution >= 0.6 is 10.9 Å². The van der Waals surface area contributed by atoms with Crippen molar-refractivity contribution >= 4 is 16.9 Å². The summed E-state index contributed by atoms with van der Waals surface area (Å²) in [6.07, 6.45) is 3.93. The van der Waals surface area contributed by atoms with Crippen LogP contribution in [0.1, 0.15) is 0 Å². The fourth-order valence-electron chi connectivity index (χ4n) is 0.689. The van der Waals surface area contributed by atoms with Gasteiger partial charge in [-0.15, -0.1) is 0 Å². The summed E-state index contributed by atoms with van der Waals surface area (Å²) in [7, 11) is 1.09. The molecule has 0 aromatic heterocycles. The molecular formula is C7H10O2S. The van der Waals surface area contributed by atoms with Crippen molar-refractivity contribution in [2.75, 3.05) is 12.9 Å². The summed E-state index contributed by atoms with van der Waals surface area (Å²) in [5.41, 5.74) is 0. The molecule has 0 aromatic carbocycles. The average Bonchev–Trinajstić information content (AvgIpc) is 2.40. The van der Waals surface area contributed by atoms with E-state index in [9.17, 15) is 4.79 Å². The van der Waals surface area contributed by atoms with Crippen LogP contribution in [0.4, 0.5) is 0 Å². The molecule has 0 bridgehead atoms. The molecule has 0 fully saturated rings. The number of methoxy groups -OCH3 is 1. The van der Waals surface area contributed by atoms with Crippen LogP contribution in [0.15, 0.2) is 23.0 Å². The van der Waals surface area contributed by atoms with Crippen LogP contribution in [0.3, 0.4) is 0 Å². The number of carbonyl (C=O) groups excluding carboxylic acids is 1. The molecule has 3 heteroatoms. The lowest BCUT2D eigenvalue weighted by atomic mass is 10.6. The van der Waals surface area contributed by atoms with Gasteiger partial charge in [0.05, 0.1) is 12.9 Å². The van der Waals surface area contributed by atoms with Gasteiger partial charge in [-0.25, -0.2) is 10.9 Å². The highest BCUT2D eigenvalue weighted by molar-refractivity contribution is 8.22. The number of hydrogen-bond acceptors (Lipinski definition) is 2. The van der Waals surface area contributed by atoms with E-state index in [1.165, 1.54) is 7.11 Å². The van der Waals surface area contributed by atoms with Gasteiger partial charge in [0, 0.05) is 0 Å². The second kappa shape index (κ2) is 3.46. The van der Waals surface area contributed by atoms with Gasteiger partial charge in [-0.3, -0.25) is 4.79 Å². The summed E-state index contributed by atoms with van der Waals surface area (Å²) in [6.45, 7) is 0. The molecule has 0 amide bonds. The van der Waals surface area contributed by atoms with Crippen LogP contribution in [0.5, 0.6) is 0 Å². The van der Waals surface area contributed by atoms with E-state index < -0.39 is 0 Å². The second-order valence-electron chi connectivity index (χ2n) is 1.93. The number of rotatable bonds is 2. The first-order valence-electron chi connectivity index (χ1n) is 3.00. The molecule has 56 valence electrons. The maximum absolute atomic E-state index is 10.7. The van der Waals surface area contributed by atoms with Crippen LogP contribution in [0.2, 0.25) is 0 Å². The Morgan fingerprint density at radius 3 is 2.60 bits per heavy atom. The Kier molecular flexibility index (Phi) is 2.57. The van der Waals surface area contributed by atoms with E-state index in [-0.39, 0.29) is 16.9 Å². The van der Waals surface area contributed by atoms with Gasteiger partial charge in [-0.1, -0.05) is 12.2 Å². The zero-order valence-electron chi connectivity index (χ0n) is 5.78. The Labute approximate surface area is 62.9 Å². The van der Waals surface area contributed by atoms with Gasteiger partial charge in [0.1, 0.15) is 0 Å². The average molecular weight is 158 g/mol. The Balaban J connectivity index is 2.32. The highest BCUT2D eigenvalue weighted by Crippen LogP contribution is 2.32. The first kappa shape index (κ1) is 7.41. The number of carbonyl (C=O) groups is 1. The lowest BCUT2D eigenvalue weighted by Gasteiger charge is -2.05. The van der Waals surface area contributed by atoms with Gasteiger partial charge in [-0.05, 0) is 10.8 Å². The molecule has 0 N–H and O–H groups in total. The van der Waals surface area contributed by atoms with E-state index in [1.54, 1.807) is 0 Å². The number of ether oxygens (including phenoxy) is 1. The van der Waals surface area contributed by atoms with Crippen molar-refractivity contribution in [1.29, 1.82) is 0 Å². The van der Waals surface area contributed by atoms with Crippen LogP contribution in [0.25, 0.3) is 0 Å². The smallest absolute Gasteiger partial charge is 0.314 e. The van der Waals surface area contributed by atoms with E-state index in [4.69, 9.17) is 0 Å². The third-order valence-corrected chi connectivity index (χ3v) is 2.94. The van der Waals surface area contributed by atoms with Gasteiger partial charge in [0.2, 0.25) is 0 Å². The summed E-state index contributed by atoms with van der Waals surface area (Å²) < 4.78 is 4.52. The van der Waals surface area contributed by atoms with Crippen LogP contribution in [-0.2, 0) is 9.53 Å². The molecule has 1 rings (SSSR count). The highest BCUT2D eigenvalue weighted by atomic mass is 32.2. The normalized spacial score (nSPS) is 17.9. The fraction of sp³-hybridized carbons (Fsp3) is 0.286. The number of allylic oxidation sites excluding steroid dienone is 2. The Morgan fingerprint density at radius 2 is 2.10 bits per heavy atom. The topological polar surface area (TPSA) is 26.3 Å². The highest BCUT2D eigenvalue weighted by Gasteiger charge is 2.05. The van der Waals surface area contributed by atoms with E-state index >= 15 is 0 Å². The standard InChI is InChI=1S/C7H10O2S/c1-9-7(8)6-10-4-2-3-5-10/h2-5,10H,6H2,1H3. The molecule has 0 unspecified atom stereocenters. The molecule has 0 saturated carbocycles. The first-order chi connectivity index (χ1) is 4.83. The minimum absolute atomic E-state index is 0.123. The Hall–Kier alpha value is -0.700. The van der Waals surface area contributed by atoms with Crippen LogP contribution in [0, 0.1) is 0 Å². The van der Waals surface area contributed by atoms with Crippen LogP contribution < -0.4 is 0 Å².